The van der Waals surface area contributed by atoms with E-state index in [9.17, 15) is 9.59 Å². The molecule has 2 heterocycles. The van der Waals surface area contributed by atoms with Crippen molar-refractivity contribution >= 4 is 23.4 Å². The molecule has 0 aliphatic carbocycles. The number of nitrogens with zero attached hydrogens (tertiary/aromatic N) is 3. The zero-order valence-electron chi connectivity index (χ0n) is 14.7. The van der Waals surface area contributed by atoms with Crippen LogP contribution in [0.2, 0.25) is 0 Å². The third-order valence-electron chi connectivity index (χ3n) is 2.98. The van der Waals surface area contributed by atoms with Crippen LogP contribution in [0.1, 0.15) is 33.4 Å². The highest BCUT2D eigenvalue weighted by molar-refractivity contribution is 7.08. The van der Waals surface area contributed by atoms with Crippen LogP contribution in [0.25, 0.3) is 11.3 Å². The number of ether oxygens (including phenoxy) is 2. The smallest absolute Gasteiger partial charge is 0.407 e. The molecule has 0 aliphatic heterocycles. The Labute approximate surface area is 150 Å². The summed E-state index contributed by atoms with van der Waals surface area (Å²) < 4.78 is 11.7. The summed E-state index contributed by atoms with van der Waals surface area (Å²) in [4.78, 5) is 23.6. The summed E-state index contributed by atoms with van der Waals surface area (Å²) in [6.07, 6.45) is -0.538. The van der Waals surface area contributed by atoms with Crippen molar-refractivity contribution in [2.45, 2.75) is 46.4 Å². The molecule has 9 heteroatoms. The normalized spacial score (nSPS) is 11.2. The Morgan fingerprint density at radius 2 is 2.12 bits per heavy atom. The Morgan fingerprint density at radius 3 is 2.72 bits per heavy atom. The highest BCUT2D eigenvalue weighted by atomic mass is 32.1. The van der Waals surface area contributed by atoms with E-state index in [1.165, 1.54) is 16.0 Å². The molecule has 0 saturated heterocycles. The topological polar surface area (TPSA) is 95.3 Å². The van der Waals surface area contributed by atoms with Crippen LogP contribution in [0.4, 0.5) is 4.79 Å². The number of carbonyl (C=O) groups excluding carboxylic acids is 2. The average Bonchev–Trinajstić information content (AvgIpc) is 3.12. The van der Waals surface area contributed by atoms with Gasteiger partial charge in [-0.25, -0.2) is 9.48 Å². The van der Waals surface area contributed by atoms with Gasteiger partial charge in [0.25, 0.3) is 0 Å². The Balaban J connectivity index is 2.16. The third kappa shape index (κ3) is 5.56. The first-order valence-electron chi connectivity index (χ1n) is 7.87. The summed E-state index contributed by atoms with van der Waals surface area (Å²) >= 11 is 1.52. The van der Waals surface area contributed by atoms with Gasteiger partial charge in [-0.15, -0.1) is 5.10 Å². The van der Waals surface area contributed by atoms with Crippen LogP contribution in [-0.4, -0.2) is 39.3 Å². The molecule has 25 heavy (non-hydrogen) atoms. The van der Waals surface area contributed by atoms with Crippen LogP contribution >= 0.6 is 11.3 Å². The maximum Gasteiger partial charge on any atom is 0.407 e. The Hall–Kier alpha value is -2.42. The van der Waals surface area contributed by atoms with Crippen molar-refractivity contribution in [1.82, 2.24) is 20.3 Å². The molecule has 2 aromatic heterocycles. The second-order valence-corrected chi connectivity index (χ2v) is 6.99. The zero-order valence-corrected chi connectivity index (χ0v) is 15.6. The zero-order chi connectivity index (χ0) is 18.4. The molecule has 0 atom stereocenters. The molecule has 2 aromatic rings. The van der Waals surface area contributed by atoms with Crippen molar-refractivity contribution in [3.05, 3.63) is 22.5 Å². The molecule has 1 N–H and O–H groups in total. The number of hydrogen-bond donors (Lipinski definition) is 1. The van der Waals surface area contributed by atoms with E-state index in [4.69, 9.17) is 9.47 Å². The van der Waals surface area contributed by atoms with Crippen LogP contribution < -0.4 is 5.32 Å². The molecular weight excluding hydrogens is 344 g/mol. The van der Waals surface area contributed by atoms with E-state index < -0.39 is 17.7 Å². The monoisotopic (exact) mass is 366 g/mol. The molecule has 0 unspecified atom stereocenters. The van der Waals surface area contributed by atoms with Crippen molar-refractivity contribution in [3.8, 4) is 11.3 Å². The van der Waals surface area contributed by atoms with Crippen molar-refractivity contribution in [1.29, 1.82) is 0 Å². The molecule has 0 spiro atoms. The molecule has 0 aliphatic rings. The van der Waals surface area contributed by atoms with Crippen molar-refractivity contribution < 1.29 is 19.1 Å². The van der Waals surface area contributed by atoms with Gasteiger partial charge in [-0.3, -0.25) is 4.79 Å². The molecule has 0 aromatic carbocycles. The van der Waals surface area contributed by atoms with Crippen LogP contribution in [0.3, 0.4) is 0 Å². The standard InChI is InChI=1S/C16H22N4O4S/c1-5-23-13(21)9-20-14(11-6-7-25-10-11)12(18-19-20)8-17-15(22)24-16(2,3)4/h6-7,10H,5,8-9H2,1-4H3,(H,17,22). The second-order valence-electron chi connectivity index (χ2n) is 6.21. The van der Waals surface area contributed by atoms with E-state index >= 15 is 0 Å². The van der Waals surface area contributed by atoms with Gasteiger partial charge in [0.15, 0.2) is 0 Å². The van der Waals surface area contributed by atoms with E-state index in [-0.39, 0.29) is 13.1 Å². The van der Waals surface area contributed by atoms with E-state index in [0.29, 0.717) is 18.0 Å². The van der Waals surface area contributed by atoms with Gasteiger partial charge >= 0.3 is 12.1 Å². The predicted molar refractivity (Wildman–Crippen MR) is 93.0 cm³/mol. The summed E-state index contributed by atoms with van der Waals surface area (Å²) in [5.41, 5.74) is 1.51. The summed E-state index contributed by atoms with van der Waals surface area (Å²) in [6, 6.07) is 1.90. The molecule has 136 valence electrons. The molecule has 2 rings (SSSR count). The van der Waals surface area contributed by atoms with E-state index in [1.807, 2.05) is 16.8 Å². The van der Waals surface area contributed by atoms with Gasteiger partial charge in [-0.1, -0.05) is 5.21 Å². The number of esters is 1. The lowest BCUT2D eigenvalue weighted by Gasteiger charge is -2.19. The molecule has 0 bridgehead atoms. The lowest BCUT2D eigenvalue weighted by Crippen LogP contribution is -2.32. The summed E-state index contributed by atoms with van der Waals surface area (Å²) in [7, 11) is 0. The van der Waals surface area contributed by atoms with E-state index in [2.05, 4.69) is 15.6 Å². The van der Waals surface area contributed by atoms with Gasteiger partial charge in [0.2, 0.25) is 0 Å². The van der Waals surface area contributed by atoms with Gasteiger partial charge < -0.3 is 14.8 Å². The number of carbonyl (C=O) groups is 2. The molecule has 0 radical (unpaired) electrons. The van der Waals surface area contributed by atoms with Crippen molar-refractivity contribution in [2.24, 2.45) is 0 Å². The minimum absolute atomic E-state index is 0.0432. The van der Waals surface area contributed by atoms with Gasteiger partial charge in [-0.2, -0.15) is 11.3 Å². The minimum Gasteiger partial charge on any atom is -0.465 e. The molecule has 0 fully saturated rings. The fourth-order valence-corrected chi connectivity index (χ4v) is 2.73. The van der Waals surface area contributed by atoms with Gasteiger partial charge in [-0.05, 0) is 39.1 Å². The number of hydrogen-bond acceptors (Lipinski definition) is 7. The Morgan fingerprint density at radius 1 is 1.36 bits per heavy atom. The van der Waals surface area contributed by atoms with E-state index in [1.54, 1.807) is 27.7 Å². The highest BCUT2D eigenvalue weighted by Crippen LogP contribution is 2.25. The first kappa shape index (κ1) is 18.9. The fourth-order valence-electron chi connectivity index (χ4n) is 2.09. The third-order valence-corrected chi connectivity index (χ3v) is 3.67. The average molecular weight is 366 g/mol. The maximum atomic E-state index is 11.8. The predicted octanol–water partition coefficient (Wildman–Crippen LogP) is 2.59. The van der Waals surface area contributed by atoms with Gasteiger partial charge in [0, 0.05) is 10.9 Å². The lowest BCUT2D eigenvalue weighted by molar-refractivity contribution is -0.144. The first-order valence-corrected chi connectivity index (χ1v) is 8.82. The molecule has 8 nitrogen and oxygen atoms in total. The number of aromatic nitrogens is 3. The lowest BCUT2D eigenvalue weighted by atomic mass is 10.2. The summed E-state index contributed by atoms with van der Waals surface area (Å²) in [6.45, 7) is 7.52. The number of nitrogens with one attached hydrogen (secondary N) is 1. The highest BCUT2D eigenvalue weighted by Gasteiger charge is 2.20. The SMILES string of the molecule is CCOC(=O)Cn1nnc(CNC(=O)OC(C)(C)C)c1-c1ccsc1. The largest absolute Gasteiger partial charge is 0.465 e. The minimum atomic E-state index is -0.582. The first-order chi connectivity index (χ1) is 11.8. The van der Waals surface area contributed by atoms with Crippen LogP contribution in [-0.2, 0) is 27.4 Å². The maximum absolute atomic E-state index is 11.8. The quantitative estimate of drug-likeness (QED) is 0.790. The number of amides is 1. The van der Waals surface area contributed by atoms with Crippen LogP contribution in [0.15, 0.2) is 16.8 Å². The second kappa shape index (κ2) is 8.11. The van der Waals surface area contributed by atoms with Gasteiger partial charge in [0.05, 0.1) is 18.8 Å². The van der Waals surface area contributed by atoms with Gasteiger partial charge in [0.1, 0.15) is 17.8 Å². The van der Waals surface area contributed by atoms with E-state index in [0.717, 1.165) is 5.56 Å². The van der Waals surface area contributed by atoms with Crippen molar-refractivity contribution in [2.75, 3.05) is 6.61 Å². The van der Waals surface area contributed by atoms with Crippen LogP contribution in [0.5, 0.6) is 0 Å². The summed E-state index contributed by atoms with van der Waals surface area (Å²) in [5, 5.41) is 14.6. The summed E-state index contributed by atoms with van der Waals surface area (Å²) in [5.74, 6) is -0.393. The molecule has 1 amide bonds. The fraction of sp³-hybridized carbons (Fsp3) is 0.500. The van der Waals surface area contributed by atoms with Crippen molar-refractivity contribution in [3.63, 3.8) is 0 Å². The number of alkyl carbamates (subject to hydrolysis) is 1. The number of thiophene rings is 1. The number of rotatable bonds is 6. The Bertz CT molecular complexity index is 719. The Kier molecular flexibility index (Phi) is 6.13. The van der Waals surface area contributed by atoms with Crippen LogP contribution in [0, 0.1) is 0 Å². The molecule has 0 saturated carbocycles. The molecular formula is C16H22N4O4S.